The molecular formula is C26H23N3O5. The monoisotopic (exact) mass is 457 g/mol. The van der Waals surface area contributed by atoms with Gasteiger partial charge in [0.15, 0.2) is 0 Å². The second-order valence-electron chi connectivity index (χ2n) is 7.88. The van der Waals surface area contributed by atoms with Crippen molar-refractivity contribution in [3.8, 4) is 11.1 Å². The molecule has 0 aliphatic heterocycles. The van der Waals surface area contributed by atoms with E-state index in [4.69, 9.17) is 10.5 Å². The van der Waals surface area contributed by atoms with Gasteiger partial charge in [-0.05, 0) is 40.3 Å². The average Bonchev–Trinajstić information content (AvgIpc) is 3.16. The lowest BCUT2D eigenvalue weighted by Crippen LogP contribution is -2.26. The first-order valence-electron chi connectivity index (χ1n) is 10.8. The Labute approximate surface area is 196 Å². The third-order valence-electron chi connectivity index (χ3n) is 5.67. The van der Waals surface area contributed by atoms with Crippen LogP contribution < -0.4 is 11.1 Å². The number of primary amides is 1. The third kappa shape index (κ3) is 4.96. The van der Waals surface area contributed by atoms with Gasteiger partial charge in [0.2, 0.25) is 5.91 Å². The highest BCUT2D eigenvalue weighted by atomic mass is 16.6. The summed E-state index contributed by atoms with van der Waals surface area (Å²) in [6.07, 6.45) is 3.34. The maximum atomic E-state index is 12.2. The van der Waals surface area contributed by atoms with Gasteiger partial charge in [-0.2, -0.15) is 0 Å². The van der Waals surface area contributed by atoms with Gasteiger partial charge >= 0.3 is 6.09 Å². The summed E-state index contributed by atoms with van der Waals surface area (Å²) in [6.45, 7) is 0.560. The zero-order chi connectivity index (χ0) is 24.1. The molecule has 0 aromatic heterocycles. The summed E-state index contributed by atoms with van der Waals surface area (Å²) in [5, 5.41) is 13.7. The maximum absolute atomic E-state index is 12.2. The van der Waals surface area contributed by atoms with Gasteiger partial charge in [0.05, 0.1) is 4.92 Å². The third-order valence-corrected chi connectivity index (χ3v) is 5.67. The minimum Gasteiger partial charge on any atom is -0.449 e. The molecule has 0 heterocycles. The molecule has 0 saturated heterocycles. The number of carbonyl (C=O) groups is 2. The highest BCUT2D eigenvalue weighted by molar-refractivity contribution is 5.94. The smallest absolute Gasteiger partial charge is 0.407 e. The number of rotatable bonds is 8. The maximum Gasteiger partial charge on any atom is 0.407 e. The van der Waals surface area contributed by atoms with Crippen molar-refractivity contribution in [1.82, 2.24) is 5.32 Å². The number of nitrogens with one attached hydrogen (secondary N) is 1. The van der Waals surface area contributed by atoms with Gasteiger partial charge in [-0.1, -0.05) is 60.7 Å². The van der Waals surface area contributed by atoms with E-state index >= 15 is 0 Å². The van der Waals surface area contributed by atoms with E-state index in [-0.39, 0.29) is 23.8 Å². The van der Waals surface area contributed by atoms with Gasteiger partial charge in [0.1, 0.15) is 6.61 Å². The molecule has 0 saturated carbocycles. The quantitative estimate of drug-likeness (QED) is 0.290. The predicted molar refractivity (Wildman–Crippen MR) is 128 cm³/mol. The summed E-state index contributed by atoms with van der Waals surface area (Å²) >= 11 is 0. The summed E-state index contributed by atoms with van der Waals surface area (Å²) < 4.78 is 5.49. The molecule has 1 aliphatic carbocycles. The largest absolute Gasteiger partial charge is 0.449 e. The first kappa shape index (κ1) is 22.7. The number of nitro groups is 1. The zero-order valence-corrected chi connectivity index (χ0v) is 18.3. The molecule has 172 valence electrons. The fourth-order valence-corrected chi connectivity index (χ4v) is 4.10. The molecule has 8 heteroatoms. The van der Waals surface area contributed by atoms with Crippen molar-refractivity contribution in [1.29, 1.82) is 0 Å². The molecule has 8 nitrogen and oxygen atoms in total. The predicted octanol–water partition coefficient (Wildman–Crippen LogP) is 4.64. The number of nitro benzene ring substituents is 1. The molecule has 2 amide bonds. The van der Waals surface area contributed by atoms with Crippen LogP contribution in [-0.4, -0.2) is 30.1 Å². The van der Waals surface area contributed by atoms with E-state index in [0.717, 1.165) is 28.3 Å². The van der Waals surface area contributed by atoms with E-state index in [1.54, 1.807) is 12.2 Å². The number of hydrogen-bond acceptors (Lipinski definition) is 5. The van der Waals surface area contributed by atoms with Crippen LogP contribution in [0.25, 0.3) is 17.2 Å². The summed E-state index contributed by atoms with van der Waals surface area (Å²) in [5.41, 5.74) is 10.2. The van der Waals surface area contributed by atoms with Crippen LogP contribution in [-0.2, 0) is 4.74 Å². The lowest BCUT2D eigenvalue weighted by atomic mass is 9.98. The summed E-state index contributed by atoms with van der Waals surface area (Å²) in [5.74, 6) is -0.748. The molecule has 3 aromatic carbocycles. The summed E-state index contributed by atoms with van der Waals surface area (Å²) in [7, 11) is 0. The fraction of sp³-hybridized carbons (Fsp3) is 0.154. The number of hydrogen-bond donors (Lipinski definition) is 2. The Morgan fingerprint density at radius 3 is 2.29 bits per heavy atom. The molecule has 3 N–H and O–H groups in total. The Morgan fingerprint density at radius 1 is 1.03 bits per heavy atom. The number of amides is 2. The second kappa shape index (κ2) is 9.99. The van der Waals surface area contributed by atoms with Crippen molar-refractivity contribution in [3.63, 3.8) is 0 Å². The Kier molecular flexibility index (Phi) is 6.68. The molecular weight excluding hydrogens is 434 g/mol. The lowest BCUT2D eigenvalue weighted by Gasteiger charge is -2.14. The fourth-order valence-electron chi connectivity index (χ4n) is 4.10. The number of fused-ring (bicyclic) bond motifs is 3. The van der Waals surface area contributed by atoms with E-state index in [1.807, 2.05) is 24.3 Å². The van der Waals surface area contributed by atoms with Crippen LogP contribution in [0.4, 0.5) is 10.5 Å². The number of benzene rings is 3. The topological polar surface area (TPSA) is 125 Å². The van der Waals surface area contributed by atoms with Gasteiger partial charge in [-0.15, -0.1) is 0 Å². The average molecular weight is 457 g/mol. The van der Waals surface area contributed by atoms with E-state index in [1.165, 1.54) is 12.1 Å². The van der Waals surface area contributed by atoms with Crippen molar-refractivity contribution in [2.45, 2.75) is 12.3 Å². The van der Waals surface area contributed by atoms with Gasteiger partial charge in [0.25, 0.3) is 5.69 Å². The van der Waals surface area contributed by atoms with Gasteiger partial charge in [-0.3, -0.25) is 14.9 Å². The normalized spacial score (nSPS) is 12.2. The number of alkyl carbamates (subject to hydrolysis) is 1. The van der Waals surface area contributed by atoms with E-state index in [2.05, 4.69) is 29.6 Å². The Hall–Kier alpha value is -4.46. The van der Waals surface area contributed by atoms with Crippen LogP contribution in [0.1, 0.15) is 39.4 Å². The van der Waals surface area contributed by atoms with Crippen LogP contribution in [0.3, 0.4) is 0 Å². The number of non-ortho nitro benzene ring substituents is 1. The van der Waals surface area contributed by atoms with E-state index in [0.29, 0.717) is 18.5 Å². The number of nitrogens with two attached hydrogens (primary N) is 1. The van der Waals surface area contributed by atoms with Crippen LogP contribution >= 0.6 is 0 Å². The van der Waals surface area contributed by atoms with E-state index in [9.17, 15) is 19.7 Å². The molecule has 0 bridgehead atoms. The van der Waals surface area contributed by atoms with Gasteiger partial charge in [-0.25, -0.2) is 4.79 Å². The Morgan fingerprint density at radius 2 is 1.68 bits per heavy atom. The molecule has 1 aliphatic rings. The molecule has 0 atom stereocenters. The first-order valence-corrected chi connectivity index (χ1v) is 10.8. The van der Waals surface area contributed by atoms with E-state index < -0.39 is 16.9 Å². The first-order chi connectivity index (χ1) is 16.4. The molecule has 3 aromatic rings. The standard InChI is InChI=1S/C26H23N3O5/c27-25(30)18-13-17(14-19(15-18)29(32)33)7-5-6-12-28-26(31)34-16-24-22-10-3-1-8-20(22)21-9-2-4-11-23(21)24/h1-5,7-11,13-15,24H,6,12,16H2,(H2,27,30)(H,28,31). The SMILES string of the molecule is NC(=O)c1cc(C=CCCNC(=O)OCC2c3ccccc3-c3ccccc32)cc([N+](=O)[O-])c1. The van der Waals surface area contributed by atoms with Crippen molar-refractivity contribution in [3.05, 3.63) is 105 Å². The molecule has 0 unspecified atom stereocenters. The van der Waals surface area contributed by atoms with Crippen LogP contribution in [0.15, 0.2) is 72.8 Å². The molecule has 4 rings (SSSR count). The molecule has 0 spiro atoms. The van der Waals surface area contributed by atoms with Crippen molar-refractivity contribution in [2.24, 2.45) is 5.73 Å². The number of ether oxygens (including phenoxy) is 1. The second-order valence-corrected chi connectivity index (χ2v) is 7.88. The lowest BCUT2D eigenvalue weighted by molar-refractivity contribution is -0.384. The van der Waals surface area contributed by atoms with Crippen molar-refractivity contribution >= 4 is 23.8 Å². The minimum absolute atomic E-state index is 0.00799. The van der Waals surface area contributed by atoms with Gasteiger partial charge in [0, 0.05) is 30.2 Å². The van der Waals surface area contributed by atoms with Crippen LogP contribution in [0.5, 0.6) is 0 Å². The zero-order valence-electron chi connectivity index (χ0n) is 18.3. The summed E-state index contributed by atoms with van der Waals surface area (Å²) in [6, 6.07) is 20.2. The highest BCUT2D eigenvalue weighted by Gasteiger charge is 2.28. The number of carbonyl (C=O) groups excluding carboxylic acids is 2. The Balaban J connectivity index is 1.29. The molecule has 0 fully saturated rings. The number of nitrogens with zero attached hydrogens (tertiary/aromatic N) is 1. The minimum atomic E-state index is -0.740. The van der Waals surface area contributed by atoms with Crippen LogP contribution in [0.2, 0.25) is 0 Å². The van der Waals surface area contributed by atoms with Gasteiger partial charge < -0.3 is 15.8 Å². The molecule has 0 radical (unpaired) electrons. The van der Waals surface area contributed by atoms with Crippen molar-refractivity contribution in [2.75, 3.05) is 13.2 Å². The van der Waals surface area contributed by atoms with Crippen molar-refractivity contribution < 1.29 is 19.2 Å². The highest BCUT2D eigenvalue weighted by Crippen LogP contribution is 2.44. The Bertz CT molecular complexity index is 1210. The van der Waals surface area contributed by atoms with Crippen LogP contribution in [0, 0.1) is 10.1 Å². The molecule has 34 heavy (non-hydrogen) atoms. The summed E-state index contributed by atoms with van der Waals surface area (Å²) in [4.78, 5) is 34.1.